The fourth-order valence-electron chi connectivity index (χ4n) is 2.10. The van der Waals surface area contributed by atoms with E-state index in [1.165, 1.54) is 19.3 Å². The van der Waals surface area contributed by atoms with Gasteiger partial charge in [0.05, 0.1) is 6.61 Å². The Morgan fingerprint density at radius 3 is 2.65 bits per heavy atom. The maximum atomic E-state index is 5.86. The second kappa shape index (κ2) is 4.86. The van der Waals surface area contributed by atoms with E-state index in [1.807, 2.05) is 25.1 Å². The summed E-state index contributed by atoms with van der Waals surface area (Å²) in [6, 6.07) is 5.85. The molecule has 0 amide bonds. The van der Waals surface area contributed by atoms with Crippen LogP contribution in [0.15, 0.2) is 18.2 Å². The molecular formula is C14H22N2O. The summed E-state index contributed by atoms with van der Waals surface area (Å²) < 4.78 is 5.48. The minimum Gasteiger partial charge on any atom is -0.494 e. The van der Waals surface area contributed by atoms with Crippen molar-refractivity contribution in [3.05, 3.63) is 18.2 Å². The Morgan fingerprint density at radius 1 is 1.29 bits per heavy atom. The summed E-state index contributed by atoms with van der Waals surface area (Å²) in [5.74, 6) is 0.844. The molecule has 1 saturated carbocycles. The van der Waals surface area contributed by atoms with Crippen LogP contribution in [0, 0.1) is 5.41 Å². The van der Waals surface area contributed by atoms with Crippen molar-refractivity contribution >= 4 is 11.4 Å². The molecule has 0 spiro atoms. The number of benzene rings is 1. The van der Waals surface area contributed by atoms with E-state index < -0.39 is 0 Å². The molecule has 0 aliphatic heterocycles. The zero-order chi connectivity index (χ0) is 12.3. The molecular weight excluding hydrogens is 212 g/mol. The van der Waals surface area contributed by atoms with Gasteiger partial charge in [-0.25, -0.2) is 0 Å². The zero-order valence-corrected chi connectivity index (χ0v) is 10.8. The van der Waals surface area contributed by atoms with Crippen molar-refractivity contribution in [2.45, 2.75) is 33.1 Å². The molecule has 0 saturated heterocycles. The van der Waals surface area contributed by atoms with Crippen LogP contribution in [0.25, 0.3) is 0 Å². The molecule has 3 N–H and O–H groups in total. The van der Waals surface area contributed by atoms with Gasteiger partial charge in [0.2, 0.25) is 0 Å². The third kappa shape index (κ3) is 3.05. The SMILES string of the molecule is CCOc1cc(N)cc(NCC2(CC)CC2)c1. The largest absolute Gasteiger partial charge is 0.494 e. The smallest absolute Gasteiger partial charge is 0.123 e. The first-order valence-electron chi connectivity index (χ1n) is 6.45. The Labute approximate surface area is 103 Å². The topological polar surface area (TPSA) is 47.3 Å². The van der Waals surface area contributed by atoms with Crippen LogP contribution in [-0.4, -0.2) is 13.2 Å². The normalized spacial score (nSPS) is 16.6. The van der Waals surface area contributed by atoms with Crippen molar-refractivity contribution in [2.24, 2.45) is 5.41 Å². The molecule has 1 fully saturated rings. The van der Waals surface area contributed by atoms with Crippen LogP contribution >= 0.6 is 0 Å². The van der Waals surface area contributed by atoms with E-state index in [0.717, 1.165) is 23.7 Å². The van der Waals surface area contributed by atoms with Crippen LogP contribution in [0.5, 0.6) is 5.75 Å². The number of nitrogens with one attached hydrogen (secondary N) is 1. The highest BCUT2D eigenvalue weighted by molar-refractivity contribution is 5.59. The first kappa shape index (κ1) is 12.1. The maximum absolute atomic E-state index is 5.86. The van der Waals surface area contributed by atoms with E-state index in [1.54, 1.807) is 0 Å². The molecule has 0 bridgehead atoms. The van der Waals surface area contributed by atoms with Gasteiger partial charge in [0.15, 0.2) is 0 Å². The van der Waals surface area contributed by atoms with Crippen LogP contribution < -0.4 is 15.8 Å². The fraction of sp³-hybridized carbons (Fsp3) is 0.571. The van der Waals surface area contributed by atoms with E-state index in [-0.39, 0.29) is 0 Å². The lowest BCUT2D eigenvalue weighted by atomic mass is 10.0. The van der Waals surface area contributed by atoms with Crippen LogP contribution in [0.4, 0.5) is 11.4 Å². The Bertz CT molecular complexity index is 386. The molecule has 0 unspecified atom stereocenters. The van der Waals surface area contributed by atoms with Crippen molar-refractivity contribution in [3.63, 3.8) is 0 Å². The number of nitrogens with two attached hydrogens (primary N) is 1. The molecule has 0 aromatic heterocycles. The molecule has 17 heavy (non-hydrogen) atoms. The lowest BCUT2D eigenvalue weighted by Gasteiger charge is -2.15. The summed E-state index contributed by atoms with van der Waals surface area (Å²) in [5, 5.41) is 3.48. The molecule has 1 aliphatic carbocycles. The van der Waals surface area contributed by atoms with Gasteiger partial charge in [0.25, 0.3) is 0 Å². The Morgan fingerprint density at radius 2 is 2.06 bits per heavy atom. The van der Waals surface area contributed by atoms with Gasteiger partial charge in [-0.3, -0.25) is 0 Å². The van der Waals surface area contributed by atoms with E-state index >= 15 is 0 Å². The summed E-state index contributed by atoms with van der Waals surface area (Å²) in [6.45, 7) is 5.95. The third-order valence-corrected chi connectivity index (χ3v) is 3.61. The lowest BCUT2D eigenvalue weighted by molar-refractivity contribution is 0.340. The number of hydrogen-bond donors (Lipinski definition) is 2. The predicted molar refractivity (Wildman–Crippen MR) is 72.5 cm³/mol. The molecule has 3 nitrogen and oxygen atoms in total. The van der Waals surface area contributed by atoms with E-state index in [0.29, 0.717) is 12.0 Å². The second-order valence-electron chi connectivity index (χ2n) is 4.93. The summed E-state index contributed by atoms with van der Waals surface area (Å²) in [7, 11) is 0. The van der Waals surface area contributed by atoms with Gasteiger partial charge in [0, 0.05) is 30.1 Å². The summed E-state index contributed by atoms with van der Waals surface area (Å²) in [5.41, 5.74) is 8.21. The van der Waals surface area contributed by atoms with Gasteiger partial charge < -0.3 is 15.8 Å². The van der Waals surface area contributed by atoms with E-state index in [9.17, 15) is 0 Å². The fourth-order valence-corrected chi connectivity index (χ4v) is 2.10. The Kier molecular flexibility index (Phi) is 3.46. The van der Waals surface area contributed by atoms with Crippen molar-refractivity contribution < 1.29 is 4.74 Å². The van der Waals surface area contributed by atoms with E-state index in [2.05, 4.69) is 12.2 Å². The summed E-state index contributed by atoms with van der Waals surface area (Å²) in [6.07, 6.45) is 3.94. The first-order chi connectivity index (χ1) is 8.17. The van der Waals surface area contributed by atoms with Crippen molar-refractivity contribution in [1.82, 2.24) is 0 Å². The van der Waals surface area contributed by atoms with Gasteiger partial charge in [0.1, 0.15) is 5.75 Å². The highest BCUT2D eigenvalue weighted by Crippen LogP contribution is 2.48. The van der Waals surface area contributed by atoms with Gasteiger partial charge in [-0.05, 0) is 37.7 Å². The van der Waals surface area contributed by atoms with Gasteiger partial charge in [-0.15, -0.1) is 0 Å². The first-order valence-corrected chi connectivity index (χ1v) is 6.45. The Balaban J connectivity index is 2.00. The van der Waals surface area contributed by atoms with Gasteiger partial charge in [-0.2, -0.15) is 0 Å². The molecule has 3 heteroatoms. The molecule has 2 rings (SSSR count). The molecule has 0 atom stereocenters. The third-order valence-electron chi connectivity index (χ3n) is 3.61. The number of nitrogen functional groups attached to an aromatic ring is 1. The van der Waals surface area contributed by atoms with Crippen LogP contribution in [-0.2, 0) is 0 Å². The van der Waals surface area contributed by atoms with E-state index in [4.69, 9.17) is 10.5 Å². The molecule has 1 aromatic rings. The van der Waals surface area contributed by atoms with Gasteiger partial charge >= 0.3 is 0 Å². The van der Waals surface area contributed by atoms with Crippen LogP contribution in [0.1, 0.15) is 33.1 Å². The van der Waals surface area contributed by atoms with Crippen molar-refractivity contribution in [3.8, 4) is 5.75 Å². The minimum atomic E-state index is 0.538. The maximum Gasteiger partial charge on any atom is 0.123 e. The van der Waals surface area contributed by atoms with Crippen LogP contribution in [0.2, 0.25) is 0 Å². The monoisotopic (exact) mass is 234 g/mol. The molecule has 1 aliphatic rings. The standard InChI is InChI=1S/C14H22N2O/c1-3-14(5-6-14)10-16-12-7-11(15)8-13(9-12)17-4-2/h7-9,16H,3-6,10,15H2,1-2H3. The summed E-state index contributed by atoms with van der Waals surface area (Å²) >= 11 is 0. The number of ether oxygens (including phenoxy) is 1. The van der Waals surface area contributed by atoms with Crippen molar-refractivity contribution in [2.75, 3.05) is 24.2 Å². The quantitative estimate of drug-likeness (QED) is 0.743. The highest BCUT2D eigenvalue weighted by Gasteiger charge is 2.40. The molecule has 0 heterocycles. The summed E-state index contributed by atoms with van der Waals surface area (Å²) in [4.78, 5) is 0. The number of rotatable bonds is 6. The second-order valence-corrected chi connectivity index (χ2v) is 4.93. The predicted octanol–water partition coefficient (Wildman–Crippen LogP) is 3.27. The van der Waals surface area contributed by atoms with Gasteiger partial charge in [-0.1, -0.05) is 6.92 Å². The average Bonchev–Trinajstić information content (AvgIpc) is 3.07. The zero-order valence-electron chi connectivity index (χ0n) is 10.8. The minimum absolute atomic E-state index is 0.538. The average molecular weight is 234 g/mol. The number of anilines is 2. The lowest BCUT2D eigenvalue weighted by Crippen LogP contribution is -2.14. The van der Waals surface area contributed by atoms with Crippen LogP contribution in [0.3, 0.4) is 0 Å². The highest BCUT2D eigenvalue weighted by atomic mass is 16.5. The number of hydrogen-bond acceptors (Lipinski definition) is 3. The Hall–Kier alpha value is -1.38. The molecule has 94 valence electrons. The van der Waals surface area contributed by atoms with Crippen molar-refractivity contribution in [1.29, 1.82) is 0 Å². The molecule has 0 radical (unpaired) electrons. The molecule has 1 aromatic carbocycles.